The van der Waals surface area contributed by atoms with E-state index in [4.69, 9.17) is 18.9 Å². The molecule has 0 saturated carbocycles. The van der Waals surface area contributed by atoms with Crippen molar-refractivity contribution < 1.29 is 44.2 Å². The molecule has 0 radical (unpaired) electrons. The predicted molar refractivity (Wildman–Crippen MR) is 164 cm³/mol. The van der Waals surface area contributed by atoms with E-state index < -0.39 is 49.4 Å². The maximum absolute atomic E-state index is 11.5. The van der Waals surface area contributed by atoms with E-state index >= 15 is 0 Å². The number of esters is 1. The molecule has 0 aromatic rings. The van der Waals surface area contributed by atoms with Gasteiger partial charge >= 0.3 is 5.97 Å². The van der Waals surface area contributed by atoms with Gasteiger partial charge in [0.1, 0.15) is 30.5 Å². The molecule has 1 aliphatic heterocycles. The Kier molecular flexibility index (Phi) is 23.3. The van der Waals surface area contributed by atoms with Gasteiger partial charge in [-0.3, -0.25) is 4.79 Å². The van der Waals surface area contributed by atoms with Gasteiger partial charge in [0.25, 0.3) is 0 Å². The number of unbranched alkanes of at least 4 members (excludes halogenated alkanes) is 7. The quantitative estimate of drug-likeness (QED) is 0.0712. The first-order chi connectivity index (χ1) is 20.4. The van der Waals surface area contributed by atoms with E-state index in [1.807, 2.05) is 0 Å². The topological polar surface area (TPSA) is 135 Å². The third-order valence-corrected chi connectivity index (χ3v) is 6.81. The third kappa shape index (κ3) is 18.6. The third-order valence-electron chi connectivity index (χ3n) is 6.81. The molecule has 42 heavy (non-hydrogen) atoms. The molecular weight excluding hydrogens is 540 g/mol. The highest BCUT2D eigenvalue weighted by atomic mass is 16.7. The van der Waals surface area contributed by atoms with Crippen LogP contribution >= 0.6 is 0 Å². The minimum absolute atomic E-state index is 0.119. The number of carbonyl (C=O) groups excluding carboxylic acids is 1. The van der Waals surface area contributed by atoms with E-state index in [-0.39, 0.29) is 13.2 Å². The van der Waals surface area contributed by atoms with Gasteiger partial charge in [-0.1, -0.05) is 87.6 Å². The first-order valence-corrected chi connectivity index (χ1v) is 15.7. The molecule has 1 fully saturated rings. The van der Waals surface area contributed by atoms with Crippen LogP contribution in [0, 0.1) is 0 Å². The van der Waals surface area contributed by atoms with Crippen molar-refractivity contribution in [3.8, 4) is 0 Å². The average molecular weight is 597 g/mol. The summed E-state index contributed by atoms with van der Waals surface area (Å²) in [5, 5.41) is 39.1. The lowest BCUT2D eigenvalue weighted by Crippen LogP contribution is -2.59. The van der Waals surface area contributed by atoms with Crippen molar-refractivity contribution in [2.45, 2.75) is 128 Å². The maximum Gasteiger partial charge on any atom is 0.303 e. The van der Waals surface area contributed by atoms with Crippen LogP contribution in [-0.2, 0) is 23.7 Å². The summed E-state index contributed by atoms with van der Waals surface area (Å²) >= 11 is 0. The Balaban J connectivity index is 2.04. The van der Waals surface area contributed by atoms with Crippen molar-refractivity contribution in [3.63, 3.8) is 0 Å². The highest BCUT2D eigenvalue weighted by Gasteiger charge is 2.44. The van der Waals surface area contributed by atoms with Crippen LogP contribution in [0.5, 0.6) is 0 Å². The predicted octanol–water partition coefficient (Wildman–Crippen LogP) is 4.68. The van der Waals surface area contributed by atoms with Crippen molar-refractivity contribution in [2.75, 3.05) is 26.4 Å². The summed E-state index contributed by atoms with van der Waals surface area (Å²) in [5.74, 6) is -0.497. The lowest BCUT2D eigenvalue weighted by atomic mass is 9.99. The SMILES string of the molecule is CC/C=C\C/C=C\C/C=C\C/C=C\CCCCCCCCCOCC(COC1OC(CO)C(O)C(O)C1O)OC(C)=O. The molecule has 6 atom stereocenters. The fraction of sp³-hybridized carbons (Fsp3) is 0.727. The number of aliphatic hydroxyl groups excluding tert-OH is 4. The molecule has 1 heterocycles. The molecule has 1 aliphatic rings. The second-order valence-electron chi connectivity index (χ2n) is 10.6. The molecule has 0 aliphatic carbocycles. The van der Waals surface area contributed by atoms with Crippen LogP contribution in [-0.4, -0.2) is 89.6 Å². The highest BCUT2D eigenvalue weighted by Crippen LogP contribution is 2.22. The number of aliphatic hydroxyl groups is 4. The van der Waals surface area contributed by atoms with Gasteiger partial charge in [-0.25, -0.2) is 0 Å². The van der Waals surface area contributed by atoms with Crippen LogP contribution in [0.2, 0.25) is 0 Å². The highest BCUT2D eigenvalue weighted by molar-refractivity contribution is 5.66. The molecule has 0 spiro atoms. The van der Waals surface area contributed by atoms with Crippen LogP contribution in [0.15, 0.2) is 48.6 Å². The summed E-state index contributed by atoms with van der Waals surface area (Å²) in [5.41, 5.74) is 0. The van der Waals surface area contributed by atoms with Gasteiger partial charge in [0.2, 0.25) is 0 Å². The minimum Gasteiger partial charge on any atom is -0.458 e. The second kappa shape index (κ2) is 25.6. The van der Waals surface area contributed by atoms with Crippen LogP contribution < -0.4 is 0 Å². The fourth-order valence-electron chi connectivity index (χ4n) is 4.42. The largest absolute Gasteiger partial charge is 0.458 e. The Bertz CT molecular complexity index is 777. The minimum atomic E-state index is -1.53. The number of allylic oxidation sites excluding steroid dienone is 8. The van der Waals surface area contributed by atoms with Crippen molar-refractivity contribution in [1.82, 2.24) is 0 Å². The summed E-state index contributed by atoms with van der Waals surface area (Å²) in [6, 6.07) is 0. The molecule has 1 saturated heterocycles. The molecular formula is C33H56O9. The molecule has 4 N–H and O–H groups in total. The molecule has 9 heteroatoms. The second-order valence-corrected chi connectivity index (χ2v) is 10.6. The Morgan fingerprint density at radius 2 is 1.33 bits per heavy atom. The van der Waals surface area contributed by atoms with E-state index in [9.17, 15) is 25.2 Å². The fourth-order valence-corrected chi connectivity index (χ4v) is 4.42. The summed E-state index contributed by atoms with van der Waals surface area (Å²) in [7, 11) is 0. The van der Waals surface area contributed by atoms with Gasteiger partial charge in [-0.2, -0.15) is 0 Å². The maximum atomic E-state index is 11.5. The van der Waals surface area contributed by atoms with Crippen LogP contribution in [0.1, 0.15) is 90.9 Å². The summed E-state index contributed by atoms with van der Waals surface area (Å²) < 4.78 is 21.7. The van der Waals surface area contributed by atoms with E-state index in [0.717, 1.165) is 51.4 Å². The van der Waals surface area contributed by atoms with Crippen molar-refractivity contribution in [1.29, 1.82) is 0 Å². The number of hydrogen-bond donors (Lipinski definition) is 4. The molecule has 6 unspecified atom stereocenters. The van der Waals surface area contributed by atoms with Gasteiger partial charge in [0, 0.05) is 13.5 Å². The van der Waals surface area contributed by atoms with Crippen LogP contribution in [0.25, 0.3) is 0 Å². The molecule has 0 aromatic carbocycles. The lowest BCUT2D eigenvalue weighted by molar-refractivity contribution is -0.305. The lowest BCUT2D eigenvalue weighted by Gasteiger charge is -2.39. The monoisotopic (exact) mass is 596 g/mol. The summed E-state index contributed by atoms with van der Waals surface area (Å²) in [6.07, 6.45) is 23.5. The summed E-state index contributed by atoms with van der Waals surface area (Å²) in [4.78, 5) is 11.5. The van der Waals surface area contributed by atoms with Gasteiger partial charge in [-0.05, 0) is 44.9 Å². The van der Waals surface area contributed by atoms with Crippen molar-refractivity contribution in [2.24, 2.45) is 0 Å². The Hall–Kier alpha value is -1.85. The first-order valence-electron chi connectivity index (χ1n) is 15.7. The van der Waals surface area contributed by atoms with Gasteiger partial charge in [-0.15, -0.1) is 0 Å². The van der Waals surface area contributed by atoms with Gasteiger partial charge < -0.3 is 39.4 Å². The summed E-state index contributed by atoms with van der Waals surface area (Å²) in [6.45, 7) is 3.40. The van der Waals surface area contributed by atoms with Gasteiger partial charge in [0.15, 0.2) is 6.29 Å². The van der Waals surface area contributed by atoms with E-state index in [0.29, 0.717) is 6.61 Å². The van der Waals surface area contributed by atoms with Crippen molar-refractivity contribution >= 4 is 5.97 Å². The average Bonchev–Trinajstić information content (AvgIpc) is 2.97. The normalized spacial score (nSPS) is 24.0. The Labute approximate surface area is 252 Å². The molecule has 0 bridgehead atoms. The molecule has 1 rings (SSSR count). The molecule has 0 aromatic heterocycles. The van der Waals surface area contributed by atoms with Crippen molar-refractivity contribution in [3.05, 3.63) is 48.6 Å². The Morgan fingerprint density at radius 3 is 1.93 bits per heavy atom. The zero-order valence-corrected chi connectivity index (χ0v) is 25.7. The van der Waals surface area contributed by atoms with Gasteiger partial charge in [0.05, 0.1) is 19.8 Å². The number of carbonyl (C=O) groups is 1. The molecule has 9 nitrogen and oxygen atoms in total. The van der Waals surface area contributed by atoms with E-state index in [1.165, 1.54) is 32.6 Å². The first kappa shape index (κ1) is 38.2. The zero-order valence-electron chi connectivity index (χ0n) is 25.7. The Morgan fingerprint density at radius 1 is 0.762 bits per heavy atom. The molecule has 242 valence electrons. The standard InChI is InChI=1S/C33H56O9/c1-3-4-5-6-7-8-9-10-11-12-13-14-15-16-17-18-19-20-21-22-23-39-25-28(41-27(2)35)26-40-33-32(38)31(37)30(36)29(24-34)42-33/h4-5,7-8,10-11,13-14,28-34,36-38H,3,6,9,12,15-26H2,1-2H3/b5-4-,8-7-,11-10-,14-13-. The van der Waals surface area contributed by atoms with E-state index in [2.05, 4.69) is 55.5 Å². The van der Waals surface area contributed by atoms with Crippen LogP contribution in [0.3, 0.4) is 0 Å². The number of rotatable bonds is 24. The number of ether oxygens (including phenoxy) is 4. The molecule has 0 amide bonds. The zero-order chi connectivity index (χ0) is 30.8. The smallest absolute Gasteiger partial charge is 0.303 e. The van der Waals surface area contributed by atoms with Crippen LogP contribution in [0.4, 0.5) is 0 Å². The number of hydrogen-bond acceptors (Lipinski definition) is 9. The van der Waals surface area contributed by atoms with E-state index in [1.54, 1.807) is 0 Å².